The van der Waals surface area contributed by atoms with E-state index in [1.807, 2.05) is 48.5 Å². The Hall–Kier alpha value is -2.20. The van der Waals surface area contributed by atoms with E-state index in [2.05, 4.69) is 10.5 Å². The molecule has 0 saturated heterocycles. The molecule has 0 saturated carbocycles. The lowest BCUT2D eigenvalue weighted by atomic mass is 10.2. The normalized spacial score (nSPS) is 10.9. The average molecular weight is 406 g/mol. The molecule has 6 heteroatoms. The minimum atomic E-state index is 0.447. The van der Waals surface area contributed by atoms with Gasteiger partial charge in [0.25, 0.3) is 0 Å². The van der Waals surface area contributed by atoms with E-state index in [1.54, 1.807) is 24.4 Å². The van der Waals surface area contributed by atoms with Crippen LogP contribution in [0.4, 0.5) is 5.69 Å². The van der Waals surface area contributed by atoms with Gasteiger partial charge in [0.15, 0.2) is 0 Å². The SMILES string of the molecule is Clc1ccc(COc2ccccc2C=NNc2ccc(Cl)c(Cl)c2)cc1. The highest BCUT2D eigenvalue weighted by molar-refractivity contribution is 6.42. The van der Waals surface area contributed by atoms with Gasteiger partial charge in [-0.3, -0.25) is 5.43 Å². The minimum absolute atomic E-state index is 0.447. The van der Waals surface area contributed by atoms with Crippen molar-refractivity contribution in [3.63, 3.8) is 0 Å². The zero-order valence-electron chi connectivity index (χ0n) is 13.6. The summed E-state index contributed by atoms with van der Waals surface area (Å²) in [5.74, 6) is 0.738. The number of hydrazone groups is 1. The van der Waals surface area contributed by atoms with Gasteiger partial charge in [0, 0.05) is 10.6 Å². The molecule has 26 heavy (non-hydrogen) atoms. The first-order chi connectivity index (χ1) is 12.6. The van der Waals surface area contributed by atoms with Gasteiger partial charge in [0.05, 0.1) is 21.9 Å². The molecule has 3 aromatic rings. The smallest absolute Gasteiger partial charge is 0.128 e. The number of benzene rings is 3. The highest BCUT2D eigenvalue weighted by Crippen LogP contribution is 2.25. The Morgan fingerprint density at radius 2 is 1.65 bits per heavy atom. The van der Waals surface area contributed by atoms with E-state index in [1.165, 1.54) is 0 Å². The topological polar surface area (TPSA) is 33.6 Å². The van der Waals surface area contributed by atoms with Gasteiger partial charge in [0.2, 0.25) is 0 Å². The summed E-state index contributed by atoms with van der Waals surface area (Å²) in [7, 11) is 0. The van der Waals surface area contributed by atoms with Crippen LogP contribution in [0.3, 0.4) is 0 Å². The summed E-state index contributed by atoms with van der Waals surface area (Å²) in [6, 6.07) is 20.5. The van der Waals surface area contributed by atoms with Crippen LogP contribution < -0.4 is 10.2 Å². The minimum Gasteiger partial charge on any atom is -0.488 e. The van der Waals surface area contributed by atoms with E-state index in [0.717, 1.165) is 22.6 Å². The predicted molar refractivity (Wildman–Crippen MR) is 110 cm³/mol. The third-order valence-corrected chi connectivity index (χ3v) is 4.53. The van der Waals surface area contributed by atoms with Crippen molar-refractivity contribution in [1.82, 2.24) is 0 Å². The molecule has 0 bridgehead atoms. The van der Waals surface area contributed by atoms with Crippen molar-refractivity contribution in [3.8, 4) is 5.75 Å². The number of hydrogen-bond donors (Lipinski definition) is 1. The van der Waals surface area contributed by atoms with Crippen molar-refractivity contribution in [2.45, 2.75) is 6.61 Å². The Morgan fingerprint density at radius 3 is 2.42 bits per heavy atom. The lowest BCUT2D eigenvalue weighted by Gasteiger charge is -2.09. The van der Waals surface area contributed by atoms with E-state index in [-0.39, 0.29) is 0 Å². The molecule has 0 atom stereocenters. The summed E-state index contributed by atoms with van der Waals surface area (Å²) in [5.41, 5.74) is 5.56. The summed E-state index contributed by atoms with van der Waals surface area (Å²) in [4.78, 5) is 0. The standard InChI is InChI=1S/C20H15Cl3N2O/c21-16-7-5-14(6-8-16)13-26-20-4-2-1-3-15(20)12-24-25-17-9-10-18(22)19(23)11-17/h1-12,25H,13H2. The Bertz CT molecular complexity index is 911. The third-order valence-electron chi connectivity index (χ3n) is 3.54. The van der Waals surface area contributed by atoms with Crippen LogP contribution in [0.1, 0.15) is 11.1 Å². The number of ether oxygens (including phenoxy) is 1. The molecule has 0 aromatic heterocycles. The molecule has 132 valence electrons. The summed E-state index contributed by atoms with van der Waals surface area (Å²) in [6.07, 6.45) is 1.69. The van der Waals surface area contributed by atoms with E-state index < -0.39 is 0 Å². The van der Waals surface area contributed by atoms with Crippen LogP contribution in [0.15, 0.2) is 71.8 Å². The highest BCUT2D eigenvalue weighted by Gasteiger charge is 2.02. The Morgan fingerprint density at radius 1 is 0.885 bits per heavy atom. The first-order valence-corrected chi connectivity index (χ1v) is 8.95. The lowest BCUT2D eigenvalue weighted by molar-refractivity contribution is 0.306. The summed E-state index contributed by atoms with van der Waals surface area (Å²) >= 11 is 17.8. The van der Waals surface area contributed by atoms with Gasteiger partial charge in [-0.05, 0) is 48.0 Å². The molecule has 3 aromatic carbocycles. The van der Waals surface area contributed by atoms with Crippen molar-refractivity contribution < 1.29 is 4.74 Å². The summed E-state index contributed by atoms with van der Waals surface area (Å²) in [5, 5.41) is 5.91. The maximum Gasteiger partial charge on any atom is 0.128 e. The van der Waals surface area contributed by atoms with Crippen molar-refractivity contribution >= 4 is 46.7 Å². The fraction of sp³-hybridized carbons (Fsp3) is 0.0500. The van der Waals surface area contributed by atoms with Gasteiger partial charge in [-0.15, -0.1) is 0 Å². The van der Waals surface area contributed by atoms with Crippen LogP contribution in [0.5, 0.6) is 5.75 Å². The third kappa shape index (κ3) is 5.15. The molecule has 0 fully saturated rings. The number of hydrogen-bond acceptors (Lipinski definition) is 3. The van der Waals surface area contributed by atoms with Crippen LogP contribution >= 0.6 is 34.8 Å². The molecule has 0 amide bonds. The van der Waals surface area contributed by atoms with Gasteiger partial charge in [-0.1, -0.05) is 59.1 Å². The monoisotopic (exact) mass is 404 g/mol. The second-order valence-electron chi connectivity index (χ2n) is 5.45. The number of rotatable bonds is 6. The van der Waals surface area contributed by atoms with E-state index >= 15 is 0 Å². The maximum absolute atomic E-state index is 5.99. The van der Waals surface area contributed by atoms with E-state index in [0.29, 0.717) is 21.7 Å². The van der Waals surface area contributed by atoms with Gasteiger partial charge < -0.3 is 4.74 Å². The molecule has 3 nitrogen and oxygen atoms in total. The molecule has 0 heterocycles. The van der Waals surface area contributed by atoms with Crippen LogP contribution in [0.25, 0.3) is 0 Å². The van der Waals surface area contributed by atoms with Crippen LogP contribution in [-0.2, 0) is 6.61 Å². The Labute approximate surface area is 167 Å². The maximum atomic E-state index is 5.99. The van der Waals surface area contributed by atoms with Gasteiger partial charge in [-0.2, -0.15) is 5.10 Å². The Kier molecular flexibility index (Phi) is 6.40. The van der Waals surface area contributed by atoms with Crippen LogP contribution in [0.2, 0.25) is 15.1 Å². The molecule has 3 rings (SSSR count). The predicted octanol–water partition coefficient (Wildman–Crippen LogP) is 6.67. The largest absolute Gasteiger partial charge is 0.488 e. The molecule has 0 unspecified atom stereocenters. The van der Waals surface area contributed by atoms with Crippen molar-refractivity contribution in [1.29, 1.82) is 0 Å². The average Bonchev–Trinajstić information content (AvgIpc) is 2.65. The second kappa shape index (κ2) is 8.95. The van der Waals surface area contributed by atoms with Gasteiger partial charge in [-0.25, -0.2) is 0 Å². The fourth-order valence-electron chi connectivity index (χ4n) is 2.20. The molecule has 0 aliphatic heterocycles. The molecule has 0 spiro atoms. The number of nitrogens with zero attached hydrogens (tertiary/aromatic N) is 1. The van der Waals surface area contributed by atoms with E-state index in [4.69, 9.17) is 39.5 Å². The number of para-hydroxylation sites is 1. The van der Waals surface area contributed by atoms with Crippen LogP contribution in [0, 0.1) is 0 Å². The second-order valence-corrected chi connectivity index (χ2v) is 6.70. The van der Waals surface area contributed by atoms with Gasteiger partial charge >= 0.3 is 0 Å². The number of nitrogens with one attached hydrogen (secondary N) is 1. The highest BCUT2D eigenvalue weighted by atomic mass is 35.5. The van der Waals surface area contributed by atoms with Gasteiger partial charge in [0.1, 0.15) is 12.4 Å². The first-order valence-electron chi connectivity index (χ1n) is 7.82. The lowest BCUT2D eigenvalue weighted by Crippen LogP contribution is -1.99. The zero-order chi connectivity index (χ0) is 18.4. The molecular formula is C20H15Cl3N2O. The van der Waals surface area contributed by atoms with Crippen LogP contribution in [-0.4, -0.2) is 6.21 Å². The Balaban J connectivity index is 1.66. The summed E-state index contributed by atoms with van der Waals surface area (Å²) < 4.78 is 5.90. The van der Waals surface area contributed by atoms with Crippen molar-refractivity contribution in [2.75, 3.05) is 5.43 Å². The number of halogens is 3. The molecule has 0 aliphatic carbocycles. The summed E-state index contributed by atoms with van der Waals surface area (Å²) in [6.45, 7) is 0.447. The van der Waals surface area contributed by atoms with E-state index in [9.17, 15) is 0 Å². The first kappa shape index (κ1) is 18.6. The molecule has 0 radical (unpaired) electrons. The molecule has 0 aliphatic rings. The number of anilines is 1. The molecule has 1 N–H and O–H groups in total. The quantitative estimate of drug-likeness (QED) is 0.367. The van der Waals surface area contributed by atoms with Crippen molar-refractivity contribution in [2.24, 2.45) is 5.10 Å². The van der Waals surface area contributed by atoms with Crippen molar-refractivity contribution in [3.05, 3.63) is 92.9 Å². The fourth-order valence-corrected chi connectivity index (χ4v) is 2.63. The molecular weight excluding hydrogens is 391 g/mol. The zero-order valence-corrected chi connectivity index (χ0v) is 15.9.